The van der Waals surface area contributed by atoms with Gasteiger partial charge in [0.05, 0.1) is 5.57 Å². The molecule has 0 amide bonds. The van der Waals surface area contributed by atoms with E-state index in [0.717, 1.165) is 4.90 Å². The molecule has 1 N–H and O–H groups in total. The molecule has 0 saturated carbocycles. The number of rotatable bonds is 3. The first-order chi connectivity index (χ1) is 7.45. The predicted molar refractivity (Wildman–Crippen MR) is 47.7 cm³/mol. The topological polar surface area (TPSA) is 49.8 Å². The summed E-state index contributed by atoms with van der Waals surface area (Å²) in [6.45, 7) is 0.800. The van der Waals surface area contributed by atoms with E-state index in [2.05, 4.69) is 0 Å². The van der Waals surface area contributed by atoms with Crippen molar-refractivity contribution < 1.29 is 27.8 Å². The third-order valence-corrected chi connectivity index (χ3v) is 2.05. The van der Waals surface area contributed by atoms with Crippen LogP contribution in [0.3, 0.4) is 0 Å². The van der Waals surface area contributed by atoms with E-state index >= 15 is 0 Å². The molecule has 1 unspecified atom stereocenters. The molecule has 0 radical (unpaired) electrons. The summed E-state index contributed by atoms with van der Waals surface area (Å²) in [5, 5.41) is 8.80. The van der Waals surface area contributed by atoms with Crippen molar-refractivity contribution in [2.75, 3.05) is 13.3 Å². The lowest BCUT2D eigenvalue weighted by Crippen LogP contribution is -2.27. The van der Waals surface area contributed by atoms with Gasteiger partial charge >= 0.3 is 6.18 Å². The molecule has 4 nitrogen and oxygen atoms in total. The van der Waals surface area contributed by atoms with E-state index in [1.54, 1.807) is 0 Å². The van der Waals surface area contributed by atoms with E-state index in [-0.39, 0.29) is 12.3 Å². The highest BCUT2D eigenvalue weighted by Crippen LogP contribution is 2.37. The number of carbonyl (C=O) groups excluding carboxylic acids is 1. The summed E-state index contributed by atoms with van der Waals surface area (Å²) in [6, 6.07) is 0. The molecule has 7 heteroatoms. The summed E-state index contributed by atoms with van der Waals surface area (Å²) in [7, 11) is 0. The van der Waals surface area contributed by atoms with Gasteiger partial charge in [0.15, 0.2) is 0 Å². The highest BCUT2D eigenvalue weighted by molar-refractivity contribution is 5.58. The van der Waals surface area contributed by atoms with E-state index in [0.29, 0.717) is 6.20 Å². The highest BCUT2D eigenvalue weighted by atomic mass is 19.4. The zero-order valence-corrected chi connectivity index (χ0v) is 8.41. The van der Waals surface area contributed by atoms with Gasteiger partial charge in [0, 0.05) is 12.8 Å². The quantitative estimate of drug-likeness (QED) is 0.738. The van der Waals surface area contributed by atoms with Crippen LogP contribution in [0.2, 0.25) is 0 Å². The molecule has 1 atom stereocenters. The molecule has 1 heterocycles. The third kappa shape index (κ3) is 2.27. The molecule has 0 aromatic carbocycles. The van der Waals surface area contributed by atoms with Gasteiger partial charge in [-0.05, 0) is 6.92 Å². The second kappa shape index (κ2) is 4.69. The third-order valence-electron chi connectivity index (χ3n) is 2.05. The molecule has 16 heavy (non-hydrogen) atoms. The van der Waals surface area contributed by atoms with Gasteiger partial charge in [-0.15, -0.1) is 0 Å². The van der Waals surface area contributed by atoms with Crippen molar-refractivity contribution in [3.8, 4) is 0 Å². The minimum Gasteiger partial charge on any atom is -0.376 e. The van der Waals surface area contributed by atoms with Crippen LogP contribution >= 0.6 is 0 Å². The van der Waals surface area contributed by atoms with Crippen molar-refractivity contribution in [3.63, 3.8) is 0 Å². The van der Waals surface area contributed by atoms with Gasteiger partial charge in [0.25, 0.3) is 0 Å². The number of nitrogens with zero attached hydrogens (tertiary/aromatic N) is 1. The van der Waals surface area contributed by atoms with Crippen molar-refractivity contribution in [2.45, 2.75) is 19.2 Å². The monoisotopic (exact) mass is 237 g/mol. The SMILES string of the molecule is CCOC1C(=C=O)N(CO)C=C1C(F)(F)F. The smallest absolute Gasteiger partial charge is 0.376 e. The van der Waals surface area contributed by atoms with E-state index in [1.807, 2.05) is 0 Å². The number of aliphatic hydroxyl groups is 1. The first-order valence-electron chi connectivity index (χ1n) is 4.48. The van der Waals surface area contributed by atoms with Crippen molar-refractivity contribution in [3.05, 3.63) is 17.5 Å². The summed E-state index contributed by atoms with van der Waals surface area (Å²) in [5.41, 5.74) is -1.38. The summed E-state index contributed by atoms with van der Waals surface area (Å²) in [5.74, 6) is 1.36. The molecule has 0 saturated heterocycles. The molecule has 0 aromatic heterocycles. The van der Waals surface area contributed by atoms with E-state index in [4.69, 9.17) is 9.84 Å². The van der Waals surface area contributed by atoms with Crippen molar-refractivity contribution >= 4 is 5.94 Å². The van der Waals surface area contributed by atoms with Crippen LogP contribution in [0.25, 0.3) is 0 Å². The highest BCUT2D eigenvalue weighted by Gasteiger charge is 2.46. The Bertz CT molecular complexity index is 344. The van der Waals surface area contributed by atoms with Crippen LogP contribution in [0, 0.1) is 0 Å². The van der Waals surface area contributed by atoms with E-state index < -0.39 is 24.6 Å². The van der Waals surface area contributed by atoms with Gasteiger partial charge in [-0.25, -0.2) is 4.79 Å². The van der Waals surface area contributed by atoms with Gasteiger partial charge in [-0.3, -0.25) is 0 Å². The molecule has 1 aliphatic heterocycles. The maximum absolute atomic E-state index is 12.6. The van der Waals surface area contributed by atoms with Gasteiger partial charge in [-0.2, -0.15) is 13.2 Å². The molecule has 90 valence electrons. The van der Waals surface area contributed by atoms with Crippen LogP contribution in [-0.2, 0) is 9.53 Å². The van der Waals surface area contributed by atoms with Gasteiger partial charge in [0.1, 0.15) is 24.5 Å². The van der Waals surface area contributed by atoms with E-state index in [9.17, 15) is 18.0 Å². The summed E-state index contributed by atoms with van der Waals surface area (Å²) in [4.78, 5) is 11.3. The maximum atomic E-state index is 12.6. The average molecular weight is 237 g/mol. The molecule has 0 bridgehead atoms. The van der Waals surface area contributed by atoms with Crippen molar-refractivity contribution in [2.24, 2.45) is 0 Å². The van der Waals surface area contributed by atoms with Gasteiger partial charge in [0.2, 0.25) is 0 Å². The number of halogens is 3. The lowest BCUT2D eigenvalue weighted by molar-refractivity contribution is -0.106. The van der Waals surface area contributed by atoms with Crippen LogP contribution in [0.15, 0.2) is 17.5 Å². The van der Waals surface area contributed by atoms with Crippen LogP contribution in [0.1, 0.15) is 6.92 Å². The summed E-state index contributed by atoms with van der Waals surface area (Å²) in [6.07, 6.45) is -5.46. The van der Waals surface area contributed by atoms with Crippen molar-refractivity contribution in [1.29, 1.82) is 0 Å². The Morgan fingerprint density at radius 3 is 2.62 bits per heavy atom. The fourth-order valence-electron chi connectivity index (χ4n) is 1.39. The lowest BCUT2D eigenvalue weighted by Gasteiger charge is -2.18. The number of alkyl halides is 3. The number of hydrogen-bond donors (Lipinski definition) is 1. The van der Waals surface area contributed by atoms with Gasteiger partial charge in [-0.1, -0.05) is 0 Å². The number of aliphatic hydroxyl groups excluding tert-OH is 1. The molecular weight excluding hydrogens is 227 g/mol. The standard InChI is InChI=1S/C9H10F3NO3/c1-2-16-8-6(9(10,11)12)3-13(5-15)7(8)4-14/h3,8,15H,2,5H2,1H3. The zero-order valence-electron chi connectivity index (χ0n) is 8.41. The average Bonchev–Trinajstić information content (AvgIpc) is 2.56. The first-order valence-corrected chi connectivity index (χ1v) is 4.48. The number of ether oxygens (including phenoxy) is 1. The summed E-state index contributed by atoms with van der Waals surface area (Å²) >= 11 is 0. The normalized spacial score (nSPS) is 21.1. The van der Waals surface area contributed by atoms with Crippen LogP contribution in [0.5, 0.6) is 0 Å². The van der Waals surface area contributed by atoms with E-state index in [1.165, 1.54) is 12.9 Å². The molecular formula is C9H10F3NO3. The fourth-order valence-corrected chi connectivity index (χ4v) is 1.39. The molecule has 0 aliphatic carbocycles. The second-order valence-electron chi connectivity index (χ2n) is 3.02. The Morgan fingerprint density at radius 2 is 2.25 bits per heavy atom. The molecule has 0 spiro atoms. The summed E-state index contributed by atoms with van der Waals surface area (Å²) < 4.78 is 42.5. The Kier molecular flexibility index (Phi) is 3.74. The zero-order chi connectivity index (χ0) is 12.3. The first kappa shape index (κ1) is 12.8. The number of hydrogen-bond acceptors (Lipinski definition) is 4. The molecule has 0 fully saturated rings. The molecule has 1 aliphatic rings. The Morgan fingerprint density at radius 1 is 1.62 bits per heavy atom. The fraction of sp³-hybridized carbons (Fsp3) is 0.556. The second-order valence-corrected chi connectivity index (χ2v) is 3.02. The maximum Gasteiger partial charge on any atom is 0.417 e. The van der Waals surface area contributed by atoms with Crippen LogP contribution in [0.4, 0.5) is 13.2 Å². The minimum atomic E-state index is -4.61. The Labute approximate surface area is 89.6 Å². The predicted octanol–water partition coefficient (Wildman–Crippen LogP) is 0.819. The lowest BCUT2D eigenvalue weighted by atomic mass is 10.1. The van der Waals surface area contributed by atoms with Gasteiger partial charge < -0.3 is 14.7 Å². The molecule has 1 rings (SSSR count). The Hall–Kier alpha value is -1.30. The van der Waals surface area contributed by atoms with Crippen molar-refractivity contribution in [1.82, 2.24) is 4.90 Å². The van der Waals surface area contributed by atoms with Crippen LogP contribution < -0.4 is 0 Å². The van der Waals surface area contributed by atoms with Crippen LogP contribution in [-0.4, -0.2) is 41.6 Å². The minimum absolute atomic E-state index is 0.0164. The largest absolute Gasteiger partial charge is 0.417 e. The Balaban J connectivity index is 3.10. The molecule has 0 aromatic rings.